The van der Waals surface area contributed by atoms with Crippen LogP contribution in [0.4, 0.5) is 4.39 Å². The molecule has 6 rings (SSSR count). The average Bonchev–Trinajstić information content (AvgIpc) is 3.48. The van der Waals surface area contributed by atoms with Crippen molar-refractivity contribution in [3.05, 3.63) is 64.6 Å². The Morgan fingerprint density at radius 1 is 1.05 bits per heavy atom. The summed E-state index contributed by atoms with van der Waals surface area (Å²) >= 11 is 0. The minimum Gasteiger partial charge on any atom is -0.356 e. The minimum absolute atomic E-state index is 0.121. The van der Waals surface area contributed by atoms with Gasteiger partial charge in [0.15, 0.2) is 5.58 Å². The number of aromatic nitrogens is 1. The van der Waals surface area contributed by atoms with E-state index in [1.54, 1.807) is 11.0 Å². The molecule has 1 aromatic heterocycles. The zero-order valence-corrected chi connectivity index (χ0v) is 21.2. The number of likely N-dealkylation sites (tertiary alicyclic amines) is 1. The van der Waals surface area contributed by atoms with E-state index in [1.807, 2.05) is 12.1 Å². The Morgan fingerprint density at radius 3 is 2.71 bits per heavy atom. The number of hydrogen-bond donors (Lipinski definition) is 1. The second-order valence-electron chi connectivity index (χ2n) is 10.6. The maximum atomic E-state index is 13.5. The molecule has 3 amide bonds. The highest BCUT2D eigenvalue weighted by Crippen LogP contribution is 2.33. The Balaban J connectivity index is 0.997. The number of amides is 3. The Morgan fingerprint density at radius 2 is 1.89 bits per heavy atom. The van der Waals surface area contributed by atoms with Crippen LogP contribution >= 0.6 is 0 Å². The second kappa shape index (κ2) is 10.3. The first kappa shape index (κ1) is 24.7. The lowest BCUT2D eigenvalue weighted by atomic mass is 9.91. The van der Waals surface area contributed by atoms with Gasteiger partial charge in [-0.3, -0.25) is 19.7 Å². The number of nitrogens with one attached hydrogen (secondary N) is 1. The fraction of sp³-hybridized carbons (Fsp3) is 0.448. The molecule has 0 bridgehead atoms. The number of rotatable bonds is 7. The van der Waals surface area contributed by atoms with Crippen LogP contribution in [0.2, 0.25) is 0 Å². The molecule has 0 radical (unpaired) electrons. The van der Waals surface area contributed by atoms with E-state index >= 15 is 0 Å². The molecule has 2 aromatic carbocycles. The van der Waals surface area contributed by atoms with Crippen molar-refractivity contribution >= 4 is 28.7 Å². The standard InChI is InChI=1S/C29H31FN4O4/c30-20-7-8-22-25(16-20)38-32-27(22)19-11-14-33(15-12-19)13-2-1-4-18-5-3-6-21-23(18)17-34(29(21)37)24-9-10-26(35)31-28(24)36/h3,5-8,16,19,24H,1-2,4,9-15,17H2,(H,31,35,36). The van der Waals surface area contributed by atoms with Gasteiger partial charge in [-0.25, -0.2) is 4.39 Å². The van der Waals surface area contributed by atoms with Gasteiger partial charge in [0.1, 0.15) is 11.9 Å². The lowest BCUT2D eigenvalue weighted by Gasteiger charge is -2.31. The number of piperidine rings is 2. The van der Waals surface area contributed by atoms with Crippen LogP contribution in [0.15, 0.2) is 40.9 Å². The largest absolute Gasteiger partial charge is 0.356 e. The smallest absolute Gasteiger partial charge is 0.255 e. The summed E-state index contributed by atoms with van der Waals surface area (Å²) in [7, 11) is 0. The molecule has 9 heteroatoms. The molecule has 3 aliphatic heterocycles. The molecule has 2 saturated heterocycles. The van der Waals surface area contributed by atoms with E-state index in [4.69, 9.17) is 4.52 Å². The molecule has 4 heterocycles. The Bertz CT molecular complexity index is 1390. The van der Waals surface area contributed by atoms with Crippen LogP contribution in [0, 0.1) is 5.82 Å². The maximum absolute atomic E-state index is 13.5. The fourth-order valence-electron chi connectivity index (χ4n) is 6.19. The van der Waals surface area contributed by atoms with E-state index in [9.17, 15) is 18.8 Å². The summed E-state index contributed by atoms with van der Waals surface area (Å²) in [6.45, 7) is 3.44. The van der Waals surface area contributed by atoms with Gasteiger partial charge in [-0.05, 0) is 87.5 Å². The van der Waals surface area contributed by atoms with E-state index in [1.165, 1.54) is 17.7 Å². The molecular formula is C29H31FN4O4. The SMILES string of the molecule is O=C1CCC(N2Cc3c(CCCCN4CCC(c5noc6cc(F)ccc56)CC4)cccc3C2=O)C(=O)N1. The molecule has 8 nitrogen and oxygen atoms in total. The van der Waals surface area contributed by atoms with Gasteiger partial charge in [-0.15, -0.1) is 0 Å². The number of benzene rings is 2. The van der Waals surface area contributed by atoms with Crippen molar-refractivity contribution in [3.8, 4) is 0 Å². The molecule has 1 atom stereocenters. The van der Waals surface area contributed by atoms with Crippen LogP contribution < -0.4 is 5.32 Å². The Labute approximate surface area is 220 Å². The fourth-order valence-corrected chi connectivity index (χ4v) is 6.19. The van der Waals surface area contributed by atoms with Crippen molar-refractivity contribution in [1.82, 2.24) is 20.3 Å². The molecule has 3 aromatic rings. The molecule has 0 saturated carbocycles. The highest BCUT2D eigenvalue weighted by Gasteiger charge is 2.39. The van der Waals surface area contributed by atoms with Crippen LogP contribution in [0.1, 0.15) is 71.6 Å². The Hall–Kier alpha value is -3.59. The van der Waals surface area contributed by atoms with Crippen LogP contribution in [0.25, 0.3) is 11.0 Å². The lowest BCUT2D eigenvalue weighted by Crippen LogP contribution is -2.52. The van der Waals surface area contributed by atoms with Crippen molar-refractivity contribution in [2.45, 2.75) is 63.5 Å². The summed E-state index contributed by atoms with van der Waals surface area (Å²) in [5.74, 6) is -0.755. The summed E-state index contributed by atoms with van der Waals surface area (Å²) in [5, 5.41) is 7.52. The lowest BCUT2D eigenvalue weighted by molar-refractivity contribution is -0.136. The van der Waals surface area contributed by atoms with Gasteiger partial charge in [0.05, 0.1) is 5.69 Å². The molecule has 0 spiro atoms. The zero-order valence-electron chi connectivity index (χ0n) is 21.2. The molecule has 2 fully saturated rings. The van der Waals surface area contributed by atoms with Gasteiger partial charge in [0, 0.05) is 35.9 Å². The van der Waals surface area contributed by atoms with E-state index in [-0.39, 0.29) is 30.0 Å². The summed E-state index contributed by atoms with van der Waals surface area (Å²) in [6, 6.07) is 9.88. The highest BCUT2D eigenvalue weighted by atomic mass is 19.1. The number of aryl methyl sites for hydroxylation is 1. The summed E-state index contributed by atoms with van der Waals surface area (Å²) in [6.07, 6.45) is 5.61. The quantitative estimate of drug-likeness (QED) is 0.376. The molecule has 0 aliphatic carbocycles. The van der Waals surface area contributed by atoms with Crippen LogP contribution in [-0.4, -0.2) is 58.4 Å². The number of imide groups is 1. The third-order valence-corrected chi connectivity index (χ3v) is 8.29. The number of carbonyl (C=O) groups is 3. The van der Waals surface area contributed by atoms with Crippen molar-refractivity contribution in [2.24, 2.45) is 0 Å². The predicted molar refractivity (Wildman–Crippen MR) is 138 cm³/mol. The number of hydrogen-bond acceptors (Lipinski definition) is 6. The van der Waals surface area contributed by atoms with E-state index in [0.717, 1.165) is 68.4 Å². The molecule has 3 aliphatic rings. The number of unbranched alkanes of at least 4 members (excludes halogenated alkanes) is 1. The molecule has 1 N–H and O–H groups in total. The second-order valence-corrected chi connectivity index (χ2v) is 10.6. The molecule has 198 valence electrons. The Kier molecular flexibility index (Phi) is 6.69. The van der Waals surface area contributed by atoms with E-state index < -0.39 is 6.04 Å². The first-order valence-corrected chi connectivity index (χ1v) is 13.5. The van der Waals surface area contributed by atoms with Gasteiger partial charge >= 0.3 is 0 Å². The number of halogens is 1. The molecule has 1 unspecified atom stereocenters. The van der Waals surface area contributed by atoms with Crippen LogP contribution in [0.3, 0.4) is 0 Å². The first-order valence-electron chi connectivity index (χ1n) is 13.5. The van der Waals surface area contributed by atoms with Crippen LogP contribution in [0.5, 0.6) is 0 Å². The monoisotopic (exact) mass is 518 g/mol. The first-order chi connectivity index (χ1) is 18.5. The van der Waals surface area contributed by atoms with Crippen molar-refractivity contribution in [2.75, 3.05) is 19.6 Å². The van der Waals surface area contributed by atoms with E-state index in [0.29, 0.717) is 30.0 Å². The molecular weight excluding hydrogens is 487 g/mol. The third-order valence-electron chi connectivity index (χ3n) is 8.29. The van der Waals surface area contributed by atoms with Crippen LogP contribution in [-0.2, 0) is 22.6 Å². The van der Waals surface area contributed by atoms with Gasteiger partial charge in [-0.2, -0.15) is 0 Å². The summed E-state index contributed by atoms with van der Waals surface area (Å²) in [4.78, 5) is 41.0. The summed E-state index contributed by atoms with van der Waals surface area (Å²) in [5.41, 5.74) is 4.31. The van der Waals surface area contributed by atoms with Gasteiger partial charge < -0.3 is 14.3 Å². The number of carbonyl (C=O) groups excluding carboxylic acids is 3. The van der Waals surface area contributed by atoms with E-state index in [2.05, 4.69) is 21.4 Å². The highest BCUT2D eigenvalue weighted by molar-refractivity contribution is 6.05. The topological polar surface area (TPSA) is 95.8 Å². The third kappa shape index (κ3) is 4.71. The minimum atomic E-state index is -0.584. The summed E-state index contributed by atoms with van der Waals surface area (Å²) < 4.78 is 18.8. The van der Waals surface area contributed by atoms with Gasteiger partial charge in [0.25, 0.3) is 5.91 Å². The zero-order chi connectivity index (χ0) is 26.2. The maximum Gasteiger partial charge on any atom is 0.255 e. The van der Waals surface area contributed by atoms with Crippen molar-refractivity contribution in [3.63, 3.8) is 0 Å². The van der Waals surface area contributed by atoms with Gasteiger partial charge in [-0.1, -0.05) is 17.3 Å². The number of fused-ring (bicyclic) bond motifs is 2. The van der Waals surface area contributed by atoms with Crippen molar-refractivity contribution < 1.29 is 23.3 Å². The molecule has 38 heavy (non-hydrogen) atoms. The average molecular weight is 519 g/mol. The normalized spacial score (nSPS) is 20.8. The predicted octanol–water partition coefficient (Wildman–Crippen LogP) is 3.93. The number of nitrogens with zero attached hydrogens (tertiary/aromatic N) is 3. The van der Waals surface area contributed by atoms with Crippen molar-refractivity contribution in [1.29, 1.82) is 0 Å². The van der Waals surface area contributed by atoms with Gasteiger partial charge in [0.2, 0.25) is 11.8 Å².